The van der Waals surface area contributed by atoms with E-state index in [1.807, 2.05) is 24.3 Å². The van der Waals surface area contributed by atoms with Crippen molar-refractivity contribution in [3.05, 3.63) is 40.6 Å². The van der Waals surface area contributed by atoms with Crippen molar-refractivity contribution in [2.45, 2.75) is 6.42 Å². The molecule has 0 bridgehead atoms. The van der Waals surface area contributed by atoms with Gasteiger partial charge in [-0.3, -0.25) is 4.99 Å². The van der Waals surface area contributed by atoms with Gasteiger partial charge in [0.05, 0.1) is 6.54 Å². The van der Waals surface area contributed by atoms with Crippen LogP contribution in [0.2, 0.25) is 0 Å². The smallest absolute Gasteiger partial charge is 0.231 e. The number of fused-ring (bicyclic) bond motifs is 1. The molecule has 2 heterocycles. The third kappa shape index (κ3) is 5.45. The summed E-state index contributed by atoms with van der Waals surface area (Å²) in [7, 11) is 0. The molecule has 1 aromatic heterocycles. The standard InChI is InChI=1S/C16H19N3O3S.HI/c17-16(18-6-5-13-2-1-9-23-13)19-7-8-20-12-3-4-14-15(10-12)22-11-21-14;/h1-4,9-10H,5-8,11H2,(H3,17,18,19);1H. The lowest BCUT2D eigenvalue weighted by molar-refractivity contribution is 0.173. The Balaban J connectivity index is 0.00000208. The van der Waals surface area contributed by atoms with E-state index in [-0.39, 0.29) is 30.8 Å². The Morgan fingerprint density at radius 1 is 1.29 bits per heavy atom. The minimum atomic E-state index is 0. The van der Waals surface area contributed by atoms with Gasteiger partial charge in [0.2, 0.25) is 6.79 Å². The molecule has 1 aliphatic rings. The molecule has 0 amide bonds. The van der Waals surface area contributed by atoms with Gasteiger partial charge in [-0.05, 0) is 23.6 Å². The average Bonchev–Trinajstić information content (AvgIpc) is 3.22. The van der Waals surface area contributed by atoms with Gasteiger partial charge in [0, 0.05) is 23.9 Å². The van der Waals surface area contributed by atoms with Crippen LogP contribution in [0.25, 0.3) is 0 Å². The van der Waals surface area contributed by atoms with Crippen LogP contribution in [-0.4, -0.2) is 32.4 Å². The molecular weight excluding hydrogens is 441 g/mol. The zero-order valence-corrected chi connectivity index (χ0v) is 16.2. The molecule has 8 heteroatoms. The number of rotatable bonds is 7. The molecule has 0 atom stereocenters. The minimum Gasteiger partial charge on any atom is -0.492 e. The Bertz CT molecular complexity index is 665. The van der Waals surface area contributed by atoms with Gasteiger partial charge in [-0.2, -0.15) is 0 Å². The molecule has 0 spiro atoms. The fourth-order valence-electron chi connectivity index (χ4n) is 2.11. The van der Waals surface area contributed by atoms with Crippen LogP contribution in [0.3, 0.4) is 0 Å². The number of hydrogen-bond donors (Lipinski definition) is 2. The quantitative estimate of drug-likeness (QED) is 0.287. The van der Waals surface area contributed by atoms with Gasteiger partial charge >= 0.3 is 0 Å². The molecule has 3 N–H and O–H groups in total. The first-order valence-corrected chi connectivity index (χ1v) is 8.28. The van der Waals surface area contributed by atoms with Crippen molar-refractivity contribution >= 4 is 41.3 Å². The second kappa shape index (κ2) is 9.58. The van der Waals surface area contributed by atoms with E-state index in [0.29, 0.717) is 31.4 Å². The predicted molar refractivity (Wildman–Crippen MR) is 106 cm³/mol. The number of nitrogens with two attached hydrogens (primary N) is 1. The van der Waals surface area contributed by atoms with Crippen LogP contribution in [0.15, 0.2) is 40.7 Å². The fourth-order valence-corrected chi connectivity index (χ4v) is 2.81. The van der Waals surface area contributed by atoms with Crippen LogP contribution in [0.4, 0.5) is 0 Å². The summed E-state index contributed by atoms with van der Waals surface area (Å²) in [6, 6.07) is 9.65. The van der Waals surface area contributed by atoms with E-state index >= 15 is 0 Å². The summed E-state index contributed by atoms with van der Waals surface area (Å²) >= 11 is 1.73. The van der Waals surface area contributed by atoms with Gasteiger partial charge in [0.1, 0.15) is 12.4 Å². The molecule has 1 aromatic carbocycles. The number of benzene rings is 1. The van der Waals surface area contributed by atoms with Crippen molar-refractivity contribution in [2.24, 2.45) is 10.7 Å². The Kier molecular flexibility index (Phi) is 7.44. The lowest BCUT2D eigenvalue weighted by atomic mass is 10.3. The van der Waals surface area contributed by atoms with Crippen molar-refractivity contribution < 1.29 is 14.2 Å². The maximum absolute atomic E-state index is 5.82. The maximum atomic E-state index is 5.82. The largest absolute Gasteiger partial charge is 0.492 e. The van der Waals surface area contributed by atoms with Crippen LogP contribution >= 0.6 is 35.3 Å². The van der Waals surface area contributed by atoms with E-state index in [0.717, 1.165) is 17.9 Å². The molecule has 0 aliphatic carbocycles. The first-order valence-electron chi connectivity index (χ1n) is 7.40. The van der Waals surface area contributed by atoms with Crippen LogP contribution < -0.4 is 25.3 Å². The third-order valence-electron chi connectivity index (χ3n) is 3.24. The van der Waals surface area contributed by atoms with Crippen molar-refractivity contribution in [3.8, 4) is 17.2 Å². The molecular formula is C16H20IN3O3S. The minimum absolute atomic E-state index is 0. The molecule has 2 aromatic rings. The summed E-state index contributed by atoms with van der Waals surface area (Å²) in [5.74, 6) is 2.64. The van der Waals surface area contributed by atoms with E-state index in [9.17, 15) is 0 Å². The molecule has 24 heavy (non-hydrogen) atoms. The summed E-state index contributed by atoms with van der Waals surface area (Å²) in [6.07, 6.45) is 0.910. The number of nitrogens with one attached hydrogen (secondary N) is 1. The van der Waals surface area contributed by atoms with Crippen LogP contribution in [0.5, 0.6) is 17.2 Å². The summed E-state index contributed by atoms with van der Waals surface area (Å²) in [5, 5.41) is 5.10. The van der Waals surface area contributed by atoms with Gasteiger partial charge in [-0.1, -0.05) is 6.07 Å². The Labute approximate surface area is 162 Å². The Hall–Kier alpha value is -1.68. The summed E-state index contributed by atoms with van der Waals surface area (Å²) < 4.78 is 16.2. The highest BCUT2D eigenvalue weighted by Gasteiger charge is 2.13. The zero-order chi connectivity index (χ0) is 15.9. The lowest BCUT2D eigenvalue weighted by Crippen LogP contribution is -2.34. The predicted octanol–water partition coefficient (Wildman–Crippen LogP) is 2.62. The number of thiophene rings is 1. The Morgan fingerprint density at radius 3 is 3.00 bits per heavy atom. The van der Waals surface area contributed by atoms with Crippen LogP contribution in [0.1, 0.15) is 4.88 Å². The van der Waals surface area contributed by atoms with Gasteiger partial charge < -0.3 is 25.3 Å². The Morgan fingerprint density at radius 2 is 2.17 bits per heavy atom. The average molecular weight is 461 g/mol. The molecule has 6 nitrogen and oxygen atoms in total. The summed E-state index contributed by atoms with van der Waals surface area (Å²) in [6.45, 7) is 2.02. The first kappa shape index (κ1) is 18.7. The van der Waals surface area contributed by atoms with Crippen molar-refractivity contribution in [2.75, 3.05) is 26.5 Å². The normalized spacial score (nSPS) is 12.6. The number of halogens is 1. The molecule has 0 fully saturated rings. The molecule has 130 valence electrons. The summed E-state index contributed by atoms with van der Waals surface area (Å²) in [5.41, 5.74) is 5.82. The lowest BCUT2D eigenvalue weighted by Gasteiger charge is -2.08. The molecule has 3 rings (SSSR count). The molecule has 1 aliphatic heterocycles. The molecule has 0 saturated carbocycles. The van der Waals surface area contributed by atoms with Gasteiger partial charge in [0.15, 0.2) is 17.5 Å². The second-order valence-corrected chi connectivity index (χ2v) is 5.92. The molecule has 0 saturated heterocycles. The van der Waals surface area contributed by atoms with E-state index in [1.54, 1.807) is 11.3 Å². The molecule has 0 unspecified atom stereocenters. The number of guanidine groups is 1. The highest BCUT2D eigenvalue weighted by Crippen LogP contribution is 2.34. The SMILES string of the molecule is I.NC(=NCCc1cccs1)NCCOc1ccc2c(c1)OCO2. The zero-order valence-electron chi connectivity index (χ0n) is 13.1. The topological polar surface area (TPSA) is 78.1 Å². The molecule has 0 radical (unpaired) electrons. The van der Waals surface area contributed by atoms with E-state index < -0.39 is 0 Å². The highest BCUT2D eigenvalue weighted by molar-refractivity contribution is 14.0. The number of ether oxygens (including phenoxy) is 3. The second-order valence-electron chi connectivity index (χ2n) is 4.89. The van der Waals surface area contributed by atoms with Crippen LogP contribution in [-0.2, 0) is 6.42 Å². The third-order valence-corrected chi connectivity index (χ3v) is 4.18. The van der Waals surface area contributed by atoms with E-state index in [1.165, 1.54) is 4.88 Å². The van der Waals surface area contributed by atoms with Crippen LogP contribution in [0, 0.1) is 0 Å². The number of hydrogen-bond acceptors (Lipinski definition) is 5. The summed E-state index contributed by atoms with van der Waals surface area (Å²) in [4.78, 5) is 5.60. The van der Waals surface area contributed by atoms with Crippen molar-refractivity contribution in [1.82, 2.24) is 5.32 Å². The number of nitrogens with zero attached hydrogens (tertiary/aromatic N) is 1. The fraction of sp³-hybridized carbons (Fsp3) is 0.312. The van der Waals surface area contributed by atoms with Gasteiger partial charge in [0.25, 0.3) is 0 Å². The monoisotopic (exact) mass is 461 g/mol. The van der Waals surface area contributed by atoms with Gasteiger partial charge in [-0.25, -0.2) is 0 Å². The van der Waals surface area contributed by atoms with Gasteiger partial charge in [-0.15, -0.1) is 35.3 Å². The first-order chi connectivity index (χ1) is 11.3. The highest BCUT2D eigenvalue weighted by atomic mass is 127. The van der Waals surface area contributed by atoms with Crippen molar-refractivity contribution in [1.29, 1.82) is 0 Å². The number of aliphatic imine (C=N–C) groups is 1. The van der Waals surface area contributed by atoms with Crippen molar-refractivity contribution in [3.63, 3.8) is 0 Å². The maximum Gasteiger partial charge on any atom is 0.231 e. The van der Waals surface area contributed by atoms with E-state index in [2.05, 4.69) is 21.8 Å². The van der Waals surface area contributed by atoms with E-state index in [4.69, 9.17) is 19.9 Å².